The number of nitrogens with one attached hydrogen (secondary N) is 1. The Bertz CT molecular complexity index is 461. The Morgan fingerprint density at radius 3 is 2.65 bits per heavy atom. The molecule has 0 spiro atoms. The molecular formula is C11H15N3O3. The van der Waals surface area contributed by atoms with Gasteiger partial charge in [-0.1, -0.05) is 0 Å². The number of hydrogen-bond donors (Lipinski definition) is 2. The lowest BCUT2D eigenvalue weighted by Gasteiger charge is -2.11. The first-order valence-corrected chi connectivity index (χ1v) is 5.62. The van der Waals surface area contributed by atoms with Crippen LogP contribution in [-0.2, 0) is 0 Å². The summed E-state index contributed by atoms with van der Waals surface area (Å²) in [7, 11) is 0. The van der Waals surface area contributed by atoms with Gasteiger partial charge in [0.1, 0.15) is 11.3 Å². The minimum Gasteiger partial charge on any atom is -0.478 e. The van der Waals surface area contributed by atoms with Gasteiger partial charge in [-0.2, -0.15) is 5.10 Å². The van der Waals surface area contributed by atoms with Crippen LogP contribution in [0.3, 0.4) is 0 Å². The molecule has 17 heavy (non-hydrogen) atoms. The quantitative estimate of drug-likeness (QED) is 0.819. The molecule has 1 aromatic heterocycles. The van der Waals surface area contributed by atoms with E-state index >= 15 is 0 Å². The first-order valence-electron chi connectivity index (χ1n) is 5.62. The fraction of sp³-hybridized carbons (Fsp3) is 0.545. The number of carboxylic acids is 1. The molecule has 1 aromatic rings. The van der Waals surface area contributed by atoms with E-state index in [1.165, 1.54) is 10.9 Å². The molecule has 6 nitrogen and oxygen atoms in total. The maximum Gasteiger partial charge on any atom is 0.339 e. The first kappa shape index (κ1) is 11.6. The molecule has 1 saturated carbocycles. The summed E-state index contributed by atoms with van der Waals surface area (Å²) in [5.41, 5.74) is 0.0938. The number of nitrogens with zero attached hydrogens (tertiary/aromatic N) is 2. The molecule has 0 saturated heterocycles. The molecule has 1 amide bonds. The Labute approximate surface area is 98.6 Å². The van der Waals surface area contributed by atoms with Gasteiger partial charge in [-0.05, 0) is 26.7 Å². The Kier molecular flexibility index (Phi) is 2.87. The number of carboxylic acid groups (broad SMARTS) is 1. The molecule has 92 valence electrons. The third-order valence-corrected chi connectivity index (χ3v) is 2.64. The normalized spacial score (nSPS) is 15.0. The van der Waals surface area contributed by atoms with E-state index in [1.54, 1.807) is 0 Å². The van der Waals surface area contributed by atoms with Gasteiger partial charge in [-0.25, -0.2) is 4.79 Å². The van der Waals surface area contributed by atoms with Crippen molar-refractivity contribution >= 4 is 11.9 Å². The van der Waals surface area contributed by atoms with E-state index in [-0.39, 0.29) is 29.2 Å². The number of amides is 1. The molecule has 2 N–H and O–H groups in total. The second-order valence-electron chi connectivity index (χ2n) is 4.50. The molecule has 1 heterocycles. The molecule has 1 fully saturated rings. The van der Waals surface area contributed by atoms with Crippen LogP contribution in [0.25, 0.3) is 0 Å². The summed E-state index contributed by atoms with van der Waals surface area (Å²) in [6.45, 7) is 3.71. The summed E-state index contributed by atoms with van der Waals surface area (Å²) in [4.78, 5) is 23.0. The molecular weight excluding hydrogens is 222 g/mol. The highest BCUT2D eigenvalue weighted by Crippen LogP contribution is 2.21. The lowest BCUT2D eigenvalue weighted by Crippen LogP contribution is -2.30. The van der Waals surface area contributed by atoms with Crippen molar-refractivity contribution in [3.63, 3.8) is 0 Å². The highest BCUT2D eigenvalue weighted by Gasteiger charge is 2.29. The van der Waals surface area contributed by atoms with Crippen LogP contribution in [0.4, 0.5) is 0 Å². The average Bonchev–Trinajstić information content (AvgIpc) is 2.93. The number of carbonyl (C=O) groups excluding carboxylic acids is 1. The standard InChI is InChI=1S/C11H15N3O3/c1-6(2)14-9(8(5-12-14)11(16)17)10(15)13-7-3-4-7/h5-7H,3-4H2,1-2H3,(H,13,15)(H,16,17). The number of aromatic nitrogens is 2. The van der Waals surface area contributed by atoms with Crippen LogP contribution in [0, 0.1) is 0 Å². The van der Waals surface area contributed by atoms with Gasteiger partial charge in [-0.15, -0.1) is 0 Å². The molecule has 0 unspecified atom stereocenters. The molecule has 0 atom stereocenters. The van der Waals surface area contributed by atoms with Gasteiger partial charge in [0, 0.05) is 12.1 Å². The van der Waals surface area contributed by atoms with Crippen molar-refractivity contribution in [1.82, 2.24) is 15.1 Å². The monoisotopic (exact) mass is 237 g/mol. The molecule has 6 heteroatoms. The third kappa shape index (κ3) is 2.30. The minimum absolute atomic E-state index is 0.0446. The summed E-state index contributed by atoms with van der Waals surface area (Å²) in [6, 6.07) is 0.141. The zero-order valence-corrected chi connectivity index (χ0v) is 9.80. The summed E-state index contributed by atoms with van der Waals surface area (Å²) in [5.74, 6) is -1.48. The van der Waals surface area contributed by atoms with E-state index in [4.69, 9.17) is 5.11 Å². The SMILES string of the molecule is CC(C)n1ncc(C(=O)O)c1C(=O)NC1CC1. The van der Waals surface area contributed by atoms with E-state index in [0.29, 0.717) is 0 Å². The van der Waals surface area contributed by atoms with E-state index in [2.05, 4.69) is 10.4 Å². The Balaban J connectivity index is 2.35. The van der Waals surface area contributed by atoms with Gasteiger partial charge in [0.05, 0.1) is 6.20 Å². The lowest BCUT2D eigenvalue weighted by molar-refractivity contribution is 0.0690. The van der Waals surface area contributed by atoms with Crippen LogP contribution in [0.5, 0.6) is 0 Å². The number of rotatable bonds is 4. The van der Waals surface area contributed by atoms with E-state index in [1.807, 2.05) is 13.8 Å². The van der Waals surface area contributed by atoms with Crippen LogP contribution in [0.1, 0.15) is 53.6 Å². The largest absolute Gasteiger partial charge is 0.478 e. The molecule has 1 aliphatic carbocycles. The van der Waals surface area contributed by atoms with Crippen LogP contribution >= 0.6 is 0 Å². The van der Waals surface area contributed by atoms with E-state index in [9.17, 15) is 9.59 Å². The predicted octanol–water partition coefficient (Wildman–Crippen LogP) is 1.05. The highest BCUT2D eigenvalue weighted by molar-refractivity contribution is 6.03. The van der Waals surface area contributed by atoms with Crippen LogP contribution in [0.15, 0.2) is 6.20 Å². The Morgan fingerprint density at radius 2 is 2.18 bits per heavy atom. The van der Waals surface area contributed by atoms with Crippen molar-refractivity contribution in [3.8, 4) is 0 Å². The fourth-order valence-electron chi connectivity index (χ4n) is 1.62. The second-order valence-corrected chi connectivity index (χ2v) is 4.50. The fourth-order valence-corrected chi connectivity index (χ4v) is 1.62. The topological polar surface area (TPSA) is 84.2 Å². The van der Waals surface area contributed by atoms with Gasteiger partial charge in [-0.3, -0.25) is 9.48 Å². The van der Waals surface area contributed by atoms with E-state index < -0.39 is 5.97 Å². The van der Waals surface area contributed by atoms with Crippen molar-refractivity contribution in [3.05, 3.63) is 17.5 Å². The smallest absolute Gasteiger partial charge is 0.339 e. The van der Waals surface area contributed by atoms with Gasteiger partial charge >= 0.3 is 5.97 Å². The summed E-state index contributed by atoms with van der Waals surface area (Å²) in [6.07, 6.45) is 3.15. The summed E-state index contributed by atoms with van der Waals surface area (Å²) in [5, 5.41) is 15.8. The summed E-state index contributed by atoms with van der Waals surface area (Å²) < 4.78 is 1.45. The highest BCUT2D eigenvalue weighted by atomic mass is 16.4. The maximum absolute atomic E-state index is 12.0. The summed E-state index contributed by atoms with van der Waals surface area (Å²) >= 11 is 0. The second kappa shape index (κ2) is 4.20. The van der Waals surface area contributed by atoms with Gasteiger partial charge in [0.2, 0.25) is 0 Å². The van der Waals surface area contributed by atoms with Crippen molar-refractivity contribution in [2.45, 2.75) is 38.8 Å². The van der Waals surface area contributed by atoms with Crippen LogP contribution in [0.2, 0.25) is 0 Å². The first-order chi connectivity index (χ1) is 8.00. The minimum atomic E-state index is -1.13. The zero-order valence-electron chi connectivity index (χ0n) is 9.80. The molecule has 0 bridgehead atoms. The maximum atomic E-state index is 12.0. The Morgan fingerprint density at radius 1 is 1.53 bits per heavy atom. The van der Waals surface area contributed by atoms with Crippen LogP contribution < -0.4 is 5.32 Å². The Hall–Kier alpha value is -1.85. The van der Waals surface area contributed by atoms with Gasteiger partial charge in [0.25, 0.3) is 5.91 Å². The molecule has 0 radical (unpaired) electrons. The molecule has 2 rings (SSSR count). The van der Waals surface area contributed by atoms with Gasteiger partial charge < -0.3 is 10.4 Å². The van der Waals surface area contributed by atoms with Crippen molar-refractivity contribution in [1.29, 1.82) is 0 Å². The zero-order chi connectivity index (χ0) is 12.6. The predicted molar refractivity (Wildman–Crippen MR) is 60.1 cm³/mol. The molecule has 0 aromatic carbocycles. The number of carbonyl (C=O) groups is 2. The van der Waals surface area contributed by atoms with Gasteiger partial charge in [0.15, 0.2) is 0 Å². The van der Waals surface area contributed by atoms with Crippen molar-refractivity contribution < 1.29 is 14.7 Å². The van der Waals surface area contributed by atoms with E-state index in [0.717, 1.165) is 12.8 Å². The van der Waals surface area contributed by atoms with Crippen molar-refractivity contribution in [2.75, 3.05) is 0 Å². The molecule has 1 aliphatic rings. The average molecular weight is 237 g/mol. The lowest BCUT2D eigenvalue weighted by atomic mass is 10.2. The van der Waals surface area contributed by atoms with Crippen LogP contribution in [-0.4, -0.2) is 32.8 Å². The van der Waals surface area contributed by atoms with Crippen molar-refractivity contribution in [2.24, 2.45) is 0 Å². The number of hydrogen-bond acceptors (Lipinski definition) is 3. The number of aromatic carboxylic acids is 1. The molecule has 0 aliphatic heterocycles. The third-order valence-electron chi connectivity index (χ3n) is 2.64.